The Morgan fingerprint density at radius 2 is 1.86 bits per heavy atom. The first-order valence-corrected chi connectivity index (χ1v) is 12.2. The molecule has 1 aliphatic heterocycles. The third kappa shape index (κ3) is 6.64. The normalized spacial score (nSPS) is 16.1. The van der Waals surface area contributed by atoms with Gasteiger partial charge in [-0.1, -0.05) is 31.2 Å². The molecular weight excluding hydrogens is 406 g/mol. The summed E-state index contributed by atoms with van der Waals surface area (Å²) in [7, 11) is -3.58. The van der Waals surface area contributed by atoms with Crippen LogP contribution in [0, 0.1) is 5.92 Å². The molecule has 158 valence electrons. The van der Waals surface area contributed by atoms with Gasteiger partial charge in [-0.15, -0.1) is 11.3 Å². The van der Waals surface area contributed by atoms with Crippen LogP contribution in [-0.4, -0.2) is 32.3 Å². The summed E-state index contributed by atoms with van der Waals surface area (Å²) in [6.45, 7) is 7.49. The summed E-state index contributed by atoms with van der Waals surface area (Å²) >= 11 is 1.17. The molecule has 1 aliphatic rings. The van der Waals surface area contributed by atoms with Crippen molar-refractivity contribution in [3.05, 3.63) is 52.4 Å². The maximum absolute atomic E-state index is 12.6. The van der Waals surface area contributed by atoms with Crippen LogP contribution in [0.5, 0.6) is 0 Å². The average Bonchev–Trinajstić information content (AvgIpc) is 3.17. The number of hydrogen-bond acceptors (Lipinski definition) is 5. The molecule has 1 fully saturated rings. The standard InChI is InChI=1S/C21H29N3O3S2/c1-16-8-10-24(11-9-16)15-19-5-3-4-18(12-19)13-23-29(26,27)21-7-6-20(28-21)14-22-17(2)25/h3-7,12,16,23H,8-11,13-15H2,1-2H3,(H,22,25). The number of carbonyl (C=O) groups excluding carboxylic acids is 1. The van der Waals surface area contributed by atoms with Gasteiger partial charge in [0.15, 0.2) is 0 Å². The second-order valence-corrected chi connectivity index (χ2v) is 10.9. The van der Waals surface area contributed by atoms with Crippen molar-refractivity contribution in [3.63, 3.8) is 0 Å². The van der Waals surface area contributed by atoms with Crippen molar-refractivity contribution in [2.75, 3.05) is 13.1 Å². The van der Waals surface area contributed by atoms with E-state index in [1.54, 1.807) is 12.1 Å². The van der Waals surface area contributed by atoms with Crippen LogP contribution in [0.3, 0.4) is 0 Å². The zero-order chi connectivity index (χ0) is 20.9. The highest BCUT2D eigenvalue weighted by atomic mass is 32.2. The van der Waals surface area contributed by atoms with E-state index in [9.17, 15) is 13.2 Å². The number of likely N-dealkylation sites (tertiary alicyclic amines) is 1. The van der Waals surface area contributed by atoms with Gasteiger partial charge in [0.25, 0.3) is 0 Å². The SMILES string of the molecule is CC(=O)NCc1ccc(S(=O)(=O)NCc2cccc(CN3CCC(C)CC3)c2)s1. The fourth-order valence-electron chi connectivity index (χ4n) is 3.38. The largest absolute Gasteiger partial charge is 0.351 e. The van der Waals surface area contributed by atoms with E-state index in [2.05, 4.69) is 34.0 Å². The van der Waals surface area contributed by atoms with Crippen molar-refractivity contribution in [2.45, 2.75) is 50.5 Å². The van der Waals surface area contributed by atoms with Crippen molar-refractivity contribution in [3.8, 4) is 0 Å². The molecule has 1 aromatic heterocycles. The van der Waals surface area contributed by atoms with E-state index in [1.165, 1.54) is 36.7 Å². The van der Waals surface area contributed by atoms with Gasteiger partial charge in [-0.25, -0.2) is 13.1 Å². The molecule has 2 aromatic rings. The number of piperidine rings is 1. The van der Waals surface area contributed by atoms with Crippen molar-refractivity contribution in [1.29, 1.82) is 0 Å². The quantitative estimate of drug-likeness (QED) is 0.668. The molecule has 0 saturated carbocycles. The fraction of sp³-hybridized carbons (Fsp3) is 0.476. The van der Waals surface area contributed by atoms with Crippen LogP contribution in [0.4, 0.5) is 0 Å². The van der Waals surface area contributed by atoms with E-state index < -0.39 is 10.0 Å². The Morgan fingerprint density at radius 1 is 1.14 bits per heavy atom. The third-order valence-corrected chi connectivity index (χ3v) is 8.13. The molecule has 29 heavy (non-hydrogen) atoms. The molecule has 2 N–H and O–H groups in total. The van der Waals surface area contributed by atoms with Gasteiger partial charge in [0.05, 0.1) is 6.54 Å². The van der Waals surface area contributed by atoms with E-state index >= 15 is 0 Å². The van der Waals surface area contributed by atoms with Crippen molar-refractivity contribution < 1.29 is 13.2 Å². The van der Waals surface area contributed by atoms with Crippen LogP contribution in [0.25, 0.3) is 0 Å². The molecule has 0 atom stereocenters. The van der Waals surface area contributed by atoms with E-state index in [1.807, 2.05) is 12.1 Å². The second kappa shape index (κ2) is 9.84. The second-order valence-electron chi connectivity index (χ2n) is 7.73. The summed E-state index contributed by atoms with van der Waals surface area (Å²) in [5.41, 5.74) is 2.16. The summed E-state index contributed by atoms with van der Waals surface area (Å²) < 4.78 is 28.1. The highest BCUT2D eigenvalue weighted by Gasteiger charge is 2.18. The number of nitrogens with one attached hydrogen (secondary N) is 2. The van der Waals surface area contributed by atoms with Gasteiger partial charge in [0.1, 0.15) is 4.21 Å². The first kappa shape index (κ1) is 22.0. The molecule has 2 heterocycles. The first-order valence-electron chi connectivity index (χ1n) is 9.95. The minimum Gasteiger partial charge on any atom is -0.351 e. The Bertz CT molecular complexity index is 932. The fourth-order valence-corrected chi connectivity index (χ4v) is 5.73. The Hall–Kier alpha value is -1.74. The summed E-state index contributed by atoms with van der Waals surface area (Å²) in [6.07, 6.45) is 2.48. The number of carbonyl (C=O) groups is 1. The van der Waals surface area contributed by atoms with Gasteiger partial charge in [-0.3, -0.25) is 9.69 Å². The molecule has 1 amide bonds. The molecule has 0 aliphatic carbocycles. The lowest BCUT2D eigenvalue weighted by Crippen LogP contribution is -2.32. The highest BCUT2D eigenvalue weighted by molar-refractivity contribution is 7.91. The third-order valence-electron chi connectivity index (χ3n) is 5.15. The monoisotopic (exact) mass is 435 g/mol. The Balaban J connectivity index is 1.57. The van der Waals surface area contributed by atoms with Gasteiger partial charge in [-0.2, -0.15) is 0 Å². The predicted octanol–water partition coefficient (Wildman–Crippen LogP) is 3.09. The van der Waals surface area contributed by atoms with Crippen LogP contribution in [0.2, 0.25) is 0 Å². The first-order chi connectivity index (χ1) is 13.8. The zero-order valence-corrected chi connectivity index (χ0v) is 18.6. The van der Waals surface area contributed by atoms with E-state index in [0.717, 1.165) is 36.0 Å². The summed E-state index contributed by atoms with van der Waals surface area (Å²) in [5, 5.41) is 2.68. The number of amides is 1. The Kier molecular flexibility index (Phi) is 7.45. The van der Waals surface area contributed by atoms with E-state index in [0.29, 0.717) is 6.54 Å². The Morgan fingerprint density at radius 3 is 2.59 bits per heavy atom. The minimum absolute atomic E-state index is 0.139. The molecule has 1 saturated heterocycles. The van der Waals surface area contributed by atoms with Crippen molar-refractivity contribution in [2.24, 2.45) is 5.92 Å². The Labute approximate surface area is 177 Å². The van der Waals surface area contributed by atoms with Crippen molar-refractivity contribution in [1.82, 2.24) is 14.9 Å². The molecule has 0 unspecified atom stereocenters. The maximum atomic E-state index is 12.6. The van der Waals surface area contributed by atoms with E-state index in [-0.39, 0.29) is 16.7 Å². The molecule has 0 bridgehead atoms. The van der Waals surface area contributed by atoms with Gasteiger partial charge in [-0.05, 0) is 55.1 Å². The molecule has 6 nitrogen and oxygen atoms in total. The molecule has 8 heteroatoms. The number of nitrogens with zero attached hydrogens (tertiary/aromatic N) is 1. The van der Waals surface area contributed by atoms with Crippen LogP contribution in [-0.2, 0) is 34.5 Å². The van der Waals surface area contributed by atoms with E-state index in [4.69, 9.17) is 0 Å². The minimum atomic E-state index is -3.58. The topological polar surface area (TPSA) is 78.5 Å². The van der Waals surface area contributed by atoms with Gasteiger partial charge in [0, 0.05) is 24.9 Å². The molecule has 3 rings (SSSR count). The molecule has 1 aromatic carbocycles. The molecule has 0 spiro atoms. The highest BCUT2D eigenvalue weighted by Crippen LogP contribution is 2.22. The molecular formula is C21H29N3O3S2. The van der Waals surface area contributed by atoms with Crippen LogP contribution in [0.15, 0.2) is 40.6 Å². The van der Waals surface area contributed by atoms with Gasteiger partial charge in [0.2, 0.25) is 15.9 Å². The summed E-state index contributed by atoms with van der Waals surface area (Å²) in [6, 6.07) is 11.4. The number of hydrogen-bond donors (Lipinski definition) is 2. The summed E-state index contributed by atoms with van der Waals surface area (Å²) in [4.78, 5) is 14.3. The average molecular weight is 436 g/mol. The number of rotatable bonds is 8. The number of thiophene rings is 1. The maximum Gasteiger partial charge on any atom is 0.250 e. The van der Waals surface area contributed by atoms with Crippen LogP contribution < -0.4 is 10.0 Å². The smallest absolute Gasteiger partial charge is 0.250 e. The zero-order valence-electron chi connectivity index (χ0n) is 17.0. The van der Waals surface area contributed by atoms with Gasteiger partial charge < -0.3 is 5.32 Å². The lowest BCUT2D eigenvalue weighted by atomic mass is 9.98. The number of sulfonamides is 1. The van der Waals surface area contributed by atoms with Crippen LogP contribution >= 0.6 is 11.3 Å². The lowest BCUT2D eigenvalue weighted by Gasteiger charge is -2.30. The summed E-state index contributed by atoms with van der Waals surface area (Å²) in [5.74, 6) is 0.669. The van der Waals surface area contributed by atoms with Crippen molar-refractivity contribution >= 4 is 27.3 Å². The lowest BCUT2D eigenvalue weighted by molar-refractivity contribution is -0.119. The molecule has 0 radical (unpaired) electrons. The number of benzene rings is 1. The van der Waals surface area contributed by atoms with Gasteiger partial charge >= 0.3 is 0 Å². The predicted molar refractivity (Wildman–Crippen MR) is 116 cm³/mol. The van der Waals surface area contributed by atoms with Crippen LogP contribution in [0.1, 0.15) is 42.7 Å².